The average Bonchev–Trinajstić information content (AvgIpc) is 2.47. The molecular weight excluding hydrogens is 300 g/mol. The summed E-state index contributed by atoms with van der Waals surface area (Å²) in [4.78, 5) is 11.7. The Hall–Kier alpha value is -2.26. The van der Waals surface area contributed by atoms with E-state index < -0.39 is 0 Å². The largest absolute Gasteiger partial charge is 0.489 e. The van der Waals surface area contributed by atoms with Gasteiger partial charge in [0.25, 0.3) is 0 Å². The molecule has 0 amide bonds. The Kier molecular flexibility index (Phi) is 3.90. The number of aryl methyl sites for hydroxylation is 2. The summed E-state index contributed by atoms with van der Waals surface area (Å²) in [5.41, 5.74) is 3.01. The van der Waals surface area contributed by atoms with Crippen LogP contribution in [0.1, 0.15) is 16.7 Å². The third-order valence-electron chi connectivity index (χ3n) is 3.51. The van der Waals surface area contributed by atoms with Gasteiger partial charge in [-0.15, -0.1) is 0 Å². The van der Waals surface area contributed by atoms with Gasteiger partial charge in [0.05, 0.1) is 0 Å². The molecule has 0 atom stereocenters. The maximum absolute atomic E-state index is 11.7. The van der Waals surface area contributed by atoms with Crippen LogP contribution in [0.4, 0.5) is 0 Å². The van der Waals surface area contributed by atoms with Crippen molar-refractivity contribution in [2.75, 3.05) is 0 Å². The Morgan fingerprint density at radius 2 is 1.91 bits per heavy atom. The number of benzene rings is 2. The van der Waals surface area contributed by atoms with E-state index in [2.05, 4.69) is 0 Å². The lowest BCUT2D eigenvalue weighted by atomic mass is 10.1. The van der Waals surface area contributed by atoms with Gasteiger partial charge in [-0.05, 0) is 49.2 Å². The summed E-state index contributed by atoms with van der Waals surface area (Å²) in [6, 6.07) is 12.7. The molecule has 22 heavy (non-hydrogen) atoms. The molecule has 3 rings (SSSR count). The molecule has 0 unspecified atom stereocenters. The Balaban J connectivity index is 1.93. The standard InChI is InChI=1S/C18H15ClO3/c1-11-3-5-15-13(9-18(20)22-17(15)7-11)10-21-14-4-6-16(19)12(2)8-14/h3-9H,10H2,1-2H3. The zero-order valence-corrected chi connectivity index (χ0v) is 13.1. The highest BCUT2D eigenvalue weighted by Crippen LogP contribution is 2.23. The van der Waals surface area contributed by atoms with Crippen molar-refractivity contribution in [3.05, 3.63) is 74.6 Å². The second-order valence-corrected chi connectivity index (χ2v) is 5.70. The smallest absolute Gasteiger partial charge is 0.336 e. The van der Waals surface area contributed by atoms with Crippen molar-refractivity contribution in [2.45, 2.75) is 20.5 Å². The second-order valence-electron chi connectivity index (χ2n) is 5.29. The molecule has 0 saturated carbocycles. The van der Waals surface area contributed by atoms with Crippen LogP contribution in [-0.2, 0) is 6.61 Å². The molecule has 2 aromatic carbocycles. The Morgan fingerprint density at radius 3 is 2.68 bits per heavy atom. The van der Waals surface area contributed by atoms with Gasteiger partial charge in [-0.2, -0.15) is 0 Å². The fraction of sp³-hybridized carbons (Fsp3) is 0.167. The summed E-state index contributed by atoms with van der Waals surface area (Å²) >= 11 is 6.00. The molecule has 0 N–H and O–H groups in total. The minimum atomic E-state index is -0.371. The molecule has 0 radical (unpaired) electrons. The summed E-state index contributed by atoms with van der Waals surface area (Å²) < 4.78 is 11.0. The number of rotatable bonds is 3. The van der Waals surface area contributed by atoms with Crippen LogP contribution in [0.2, 0.25) is 5.02 Å². The molecule has 4 heteroatoms. The van der Waals surface area contributed by atoms with Gasteiger partial charge < -0.3 is 9.15 Å². The fourth-order valence-electron chi connectivity index (χ4n) is 2.32. The first-order valence-corrected chi connectivity index (χ1v) is 7.33. The van der Waals surface area contributed by atoms with Crippen LogP contribution in [0.25, 0.3) is 11.0 Å². The van der Waals surface area contributed by atoms with E-state index >= 15 is 0 Å². The van der Waals surface area contributed by atoms with E-state index in [-0.39, 0.29) is 5.63 Å². The Bertz CT molecular complexity index is 896. The van der Waals surface area contributed by atoms with Crippen molar-refractivity contribution in [2.24, 2.45) is 0 Å². The third-order valence-corrected chi connectivity index (χ3v) is 3.93. The molecular formula is C18H15ClO3. The second kappa shape index (κ2) is 5.85. The third kappa shape index (κ3) is 3.00. The summed E-state index contributed by atoms with van der Waals surface area (Å²) in [6.45, 7) is 4.18. The molecule has 0 fully saturated rings. The zero-order chi connectivity index (χ0) is 15.7. The molecule has 112 valence electrons. The number of hydrogen-bond acceptors (Lipinski definition) is 3. The van der Waals surface area contributed by atoms with Gasteiger partial charge in [0, 0.05) is 22.0 Å². The van der Waals surface area contributed by atoms with Crippen molar-refractivity contribution < 1.29 is 9.15 Å². The molecule has 1 aromatic heterocycles. The number of hydrogen-bond donors (Lipinski definition) is 0. The average molecular weight is 315 g/mol. The topological polar surface area (TPSA) is 39.4 Å². The maximum Gasteiger partial charge on any atom is 0.336 e. The van der Waals surface area contributed by atoms with Crippen LogP contribution < -0.4 is 10.4 Å². The van der Waals surface area contributed by atoms with Gasteiger partial charge in [0.15, 0.2) is 0 Å². The van der Waals surface area contributed by atoms with E-state index in [4.69, 9.17) is 20.8 Å². The van der Waals surface area contributed by atoms with Gasteiger partial charge >= 0.3 is 5.63 Å². The van der Waals surface area contributed by atoms with Crippen LogP contribution >= 0.6 is 11.6 Å². The summed E-state index contributed by atoms with van der Waals surface area (Å²) in [6.07, 6.45) is 0. The van der Waals surface area contributed by atoms with Gasteiger partial charge in [0.1, 0.15) is 17.9 Å². The van der Waals surface area contributed by atoms with E-state index in [9.17, 15) is 4.79 Å². The predicted molar refractivity (Wildman–Crippen MR) is 87.7 cm³/mol. The first-order chi connectivity index (χ1) is 10.5. The number of fused-ring (bicyclic) bond motifs is 1. The van der Waals surface area contributed by atoms with Gasteiger partial charge in [0.2, 0.25) is 0 Å². The van der Waals surface area contributed by atoms with Crippen LogP contribution in [0.5, 0.6) is 5.75 Å². The maximum atomic E-state index is 11.7. The lowest BCUT2D eigenvalue weighted by Gasteiger charge is -2.09. The summed E-state index contributed by atoms with van der Waals surface area (Å²) in [5.74, 6) is 0.718. The summed E-state index contributed by atoms with van der Waals surface area (Å²) in [5, 5.41) is 1.59. The van der Waals surface area contributed by atoms with E-state index in [1.807, 2.05) is 44.2 Å². The van der Waals surface area contributed by atoms with Crippen molar-refractivity contribution in [3.8, 4) is 5.75 Å². The van der Waals surface area contributed by atoms with E-state index in [1.165, 1.54) is 6.07 Å². The Morgan fingerprint density at radius 1 is 1.09 bits per heavy atom. The molecule has 0 bridgehead atoms. The fourth-order valence-corrected chi connectivity index (χ4v) is 2.44. The van der Waals surface area contributed by atoms with Gasteiger partial charge in [-0.3, -0.25) is 0 Å². The molecule has 0 spiro atoms. The van der Waals surface area contributed by atoms with E-state index in [0.717, 1.165) is 27.8 Å². The predicted octanol–water partition coefficient (Wildman–Crippen LogP) is 4.64. The van der Waals surface area contributed by atoms with Crippen molar-refractivity contribution >= 4 is 22.6 Å². The van der Waals surface area contributed by atoms with E-state index in [0.29, 0.717) is 17.2 Å². The van der Waals surface area contributed by atoms with Gasteiger partial charge in [-0.25, -0.2) is 4.79 Å². The molecule has 0 aliphatic rings. The van der Waals surface area contributed by atoms with Crippen LogP contribution in [0, 0.1) is 13.8 Å². The first-order valence-electron chi connectivity index (χ1n) is 6.95. The molecule has 3 nitrogen and oxygen atoms in total. The Labute approximate surface area is 133 Å². The highest BCUT2D eigenvalue weighted by atomic mass is 35.5. The molecule has 3 aromatic rings. The minimum absolute atomic E-state index is 0.298. The highest BCUT2D eigenvalue weighted by molar-refractivity contribution is 6.31. The van der Waals surface area contributed by atoms with Crippen molar-refractivity contribution in [1.82, 2.24) is 0 Å². The monoisotopic (exact) mass is 314 g/mol. The number of halogens is 1. The minimum Gasteiger partial charge on any atom is -0.489 e. The lowest BCUT2D eigenvalue weighted by Crippen LogP contribution is -2.04. The molecule has 0 aliphatic heterocycles. The van der Waals surface area contributed by atoms with E-state index in [1.54, 1.807) is 6.07 Å². The van der Waals surface area contributed by atoms with Crippen molar-refractivity contribution in [1.29, 1.82) is 0 Å². The zero-order valence-electron chi connectivity index (χ0n) is 12.4. The van der Waals surface area contributed by atoms with Crippen LogP contribution in [-0.4, -0.2) is 0 Å². The number of ether oxygens (including phenoxy) is 1. The molecule has 0 saturated heterocycles. The summed E-state index contributed by atoms with van der Waals surface area (Å²) in [7, 11) is 0. The van der Waals surface area contributed by atoms with Crippen LogP contribution in [0.3, 0.4) is 0 Å². The molecule has 0 aliphatic carbocycles. The van der Waals surface area contributed by atoms with Crippen LogP contribution in [0.15, 0.2) is 51.7 Å². The first kappa shape index (κ1) is 14.7. The lowest BCUT2D eigenvalue weighted by molar-refractivity contribution is 0.306. The van der Waals surface area contributed by atoms with Gasteiger partial charge in [-0.1, -0.05) is 23.7 Å². The van der Waals surface area contributed by atoms with Crippen molar-refractivity contribution in [3.63, 3.8) is 0 Å². The highest BCUT2D eigenvalue weighted by Gasteiger charge is 2.07. The normalized spacial score (nSPS) is 10.9. The SMILES string of the molecule is Cc1ccc2c(COc3ccc(Cl)c(C)c3)cc(=O)oc2c1. The quantitative estimate of drug-likeness (QED) is 0.661. The molecule has 1 heterocycles.